The normalized spacial score (nSPS) is 11.9. The second kappa shape index (κ2) is 10.3. The average molecular weight is 686 g/mol. The van der Waals surface area contributed by atoms with Gasteiger partial charge >= 0.3 is 21.1 Å². The fourth-order valence-corrected chi connectivity index (χ4v) is 4.04. The Kier molecular flexibility index (Phi) is 7.83. The molecule has 8 nitrogen and oxygen atoms in total. The summed E-state index contributed by atoms with van der Waals surface area (Å²) in [5.41, 5.74) is 0.901. The van der Waals surface area contributed by atoms with Gasteiger partial charge in [0.05, 0.1) is 23.0 Å². The predicted molar refractivity (Wildman–Crippen MR) is 139 cm³/mol. The van der Waals surface area contributed by atoms with E-state index in [4.69, 9.17) is 9.97 Å². The van der Waals surface area contributed by atoms with Gasteiger partial charge in [0.1, 0.15) is 0 Å². The topological polar surface area (TPSA) is 109 Å². The molecule has 4 aromatic rings. The Bertz CT molecular complexity index is 1430. The minimum atomic E-state index is -0.562. The van der Waals surface area contributed by atoms with Gasteiger partial charge in [-0.2, -0.15) is 0 Å². The van der Waals surface area contributed by atoms with Crippen LogP contribution in [0.1, 0.15) is 89.8 Å². The molecule has 4 rings (SSSR count). The maximum absolute atomic E-state index is 9.41. The van der Waals surface area contributed by atoms with Crippen molar-refractivity contribution in [3.8, 4) is 23.8 Å². The molecule has 0 spiro atoms. The van der Waals surface area contributed by atoms with Gasteiger partial charge in [0, 0.05) is 40.6 Å². The van der Waals surface area contributed by atoms with Gasteiger partial charge in [0.15, 0.2) is 0 Å². The third-order valence-electron chi connectivity index (χ3n) is 6.06. The molecule has 4 heterocycles. The number of hydrogen-bond donors (Lipinski definition) is 0. The van der Waals surface area contributed by atoms with Crippen LogP contribution in [0, 0.1) is 35.1 Å². The van der Waals surface area contributed by atoms with E-state index in [0.29, 0.717) is 23.3 Å². The summed E-state index contributed by atoms with van der Waals surface area (Å²) in [6.07, 6.45) is 6.11. The van der Waals surface area contributed by atoms with Crippen molar-refractivity contribution in [2.45, 2.75) is 71.6 Å². The zero-order valence-electron chi connectivity index (χ0n) is 22.9. The molecule has 0 radical (unpaired) electrons. The van der Waals surface area contributed by atoms with Gasteiger partial charge < -0.3 is 9.13 Å². The third-order valence-corrected chi connectivity index (χ3v) is 6.06. The Hall–Kier alpha value is -3.61. The van der Waals surface area contributed by atoms with Gasteiger partial charge in [-0.15, -0.1) is 0 Å². The monoisotopic (exact) mass is 685 g/mol. The minimum absolute atomic E-state index is 0. The molecule has 38 heavy (non-hydrogen) atoms. The average Bonchev–Trinajstić information content (AvgIpc) is 3.49. The summed E-state index contributed by atoms with van der Waals surface area (Å²) >= 11 is 0. The number of nitrogens with zero attached hydrogens (tertiary/aromatic N) is 8. The first-order valence-corrected chi connectivity index (χ1v) is 12.1. The van der Waals surface area contributed by atoms with Gasteiger partial charge in [-0.1, -0.05) is 65.8 Å². The van der Waals surface area contributed by atoms with E-state index in [-0.39, 0.29) is 43.3 Å². The van der Waals surface area contributed by atoms with Crippen molar-refractivity contribution in [1.29, 1.82) is 10.5 Å². The molecule has 0 fully saturated rings. The number of rotatable bonds is 4. The number of pyridine rings is 2. The summed E-state index contributed by atoms with van der Waals surface area (Å²) in [6, 6.07) is 15.8. The van der Waals surface area contributed by atoms with Gasteiger partial charge in [0.25, 0.3) is 0 Å². The predicted octanol–water partition coefficient (Wildman–Crippen LogP) is 5.11. The molecule has 196 valence electrons. The number of aromatic nitrogens is 6. The molecule has 9 heteroatoms. The molecule has 0 bridgehead atoms. The molecule has 0 N–H and O–H groups in total. The summed E-state index contributed by atoms with van der Waals surface area (Å²) in [5, 5.41) is 18.8. The maximum atomic E-state index is 9.41. The van der Waals surface area contributed by atoms with E-state index in [1.54, 1.807) is 9.13 Å². The molecule has 4 aromatic heterocycles. The van der Waals surface area contributed by atoms with Crippen LogP contribution < -0.4 is 0 Å². The Balaban J connectivity index is 0.00000400. The first kappa shape index (κ1) is 29.0. The Morgan fingerprint density at radius 3 is 1.32 bits per heavy atom. The van der Waals surface area contributed by atoms with Crippen molar-refractivity contribution in [3.63, 3.8) is 0 Å². The van der Waals surface area contributed by atoms with Crippen molar-refractivity contribution >= 4 is 0 Å². The molecule has 0 saturated heterocycles. The zero-order valence-corrected chi connectivity index (χ0v) is 25.1. The Morgan fingerprint density at radius 2 is 1.00 bits per heavy atom. The van der Waals surface area contributed by atoms with E-state index in [2.05, 4.69) is 48.3 Å². The summed E-state index contributed by atoms with van der Waals surface area (Å²) < 4.78 is 3.53. The quantitative estimate of drug-likeness (QED) is 0.277. The van der Waals surface area contributed by atoms with Gasteiger partial charge in [-0.05, 0) is 49.2 Å². The summed E-state index contributed by atoms with van der Waals surface area (Å²) in [6.45, 7) is 16.4. The van der Waals surface area contributed by atoms with Gasteiger partial charge in [-0.25, -0.2) is 0 Å². The molecule has 0 amide bonds. The van der Waals surface area contributed by atoms with Crippen LogP contribution in [0.25, 0.3) is 11.6 Å². The Morgan fingerprint density at radius 1 is 0.632 bits per heavy atom. The van der Waals surface area contributed by atoms with Crippen LogP contribution in [-0.4, -0.2) is 29.1 Å². The van der Waals surface area contributed by atoms with Crippen molar-refractivity contribution in [2.75, 3.05) is 0 Å². The fraction of sp³-hybridized carbons (Fsp3) is 0.379. The van der Waals surface area contributed by atoms with Crippen LogP contribution in [0.3, 0.4) is 0 Å². The minimum Gasteiger partial charge on any atom is -0.407 e. The van der Waals surface area contributed by atoms with Crippen molar-refractivity contribution < 1.29 is 21.1 Å². The maximum Gasteiger partial charge on any atom is 2.00 e. The number of hydrogen-bond acceptors (Lipinski definition) is 6. The van der Waals surface area contributed by atoms with E-state index in [9.17, 15) is 10.5 Å². The smallest absolute Gasteiger partial charge is 0.407 e. The molecule has 0 aliphatic heterocycles. The molecular formula is C29H30N8Pt. The van der Waals surface area contributed by atoms with Crippen LogP contribution in [0.15, 0.2) is 36.4 Å². The third kappa shape index (κ3) is 5.47. The standard InChI is InChI=1S/C29H30N8.Pt/c1-27(2,3)25-32-19(15-30)17-36(25)23-13-9-11-21(34-23)29(7,8)22-12-10-14-24(35-22)37-18-20(16-31)33-26(37)28(4,5)6;/h9-14H,1-8H3;/q-2;+2. The van der Waals surface area contributed by atoms with Crippen LogP contribution in [-0.2, 0) is 37.3 Å². The molecule has 0 aliphatic rings. The second-order valence-corrected chi connectivity index (χ2v) is 11.6. The van der Waals surface area contributed by atoms with Crippen molar-refractivity contribution in [1.82, 2.24) is 29.1 Å². The van der Waals surface area contributed by atoms with Crippen LogP contribution in [0.4, 0.5) is 0 Å². The SMILES string of the molecule is CC(C)(C)c1nc(C#N)[c-]n1-c1cccc(C(C)(C)c2cccc(-n3[c-]c(C#N)nc3C(C)(C)C)n2)n1.[Pt+2]. The summed E-state index contributed by atoms with van der Waals surface area (Å²) in [5.74, 6) is 2.70. The molecular weight excluding hydrogens is 655 g/mol. The van der Waals surface area contributed by atoms with Crippen LogP contribution in [0.5, 0.6) is 0 Å². The molecule has 0 aromatic carbocycles. The Labute approximate surface area is 238 Å². The van der Waals surface area contributed by atoms with E-state index in [1.165, 1.54) is 0 Å². The largest absolute Gasteiger partial charge is 2.00 e. The zero-order chi connectivity index (χ0) is 27.2. The molecule has 0 saturated carbocycles. The van der Waals surface area contributed by atoms with Gasteiger partial charge in [0.2, 0.25) is 0 Å². The summed E-state index contributed by atoms with van der Waals surface area (Å²) in [4.78, 5) is 18.9. The molecule has 0 unspecified atom stereocenters. The van der Waals surface area contributed by atoms with Crippen LogP contribution >= 0.6 is 0 Å². The molecule has 0 aliphatic carbocycles. The van der Waals surface area contributed by atoms with Crippen LogP contribution in [0.2, 0.25) is 0 Å². The fourth-order valence-electron chi connectivity index (χ4n) is 4.04. The number of nitriles is 2. The van der Waals surface area contributed by atoms with E-state index < -0.39 is 5.41 Å². The second-order valence-electron chi connectivity index (χ2n) is 11.6. The van der Waals surface area contributed by atoms with E-state index in [0.717, 1.165) is 11.4 Å². The first-order valence-electron chi connectivity index (χ1n) is 12.1. The number of imidazole rings is 2. The van der Waals surface area contributed by atoms with E-state index in [1.807, 2.05) is 77.9 Å². The van der Waals surface area contributed by atoms with Gasteiger partial charge in [-0.3, -0.25) is 30.5 Å². The summed E-state index contributed by atoms with van der Waals surface area (Å²) in [7, 11) is 0. The van der Waals surface area contributed by atoms with Crippen molar-refractivity contribution in [3.05, 3.63) is 83.2 Å². The molecule has 0 atom stereocenters. The van der Waals surface area contributed by atoms with E-state index >= 15 is 0 Å². The van der Waals surface area contributed by atoms with Crippen molar-refractivity contribution in [2.24, 2.45) is 0 Å². The first-order chi connectivity index (χ1) is 17.3.